The summed E-state index contributed by atoms with van der Waals surface area (Å²) in [6.45, 7) is 0. The zero-order valence-corrected chi connectivity index (χ0v) is 22.9. The fraction of sp³-hybridized carbons (Fsp3) is 0.0417. The second-order valence-corrected chi connectivity index (χ2v) is 9.53. The van der Waals surface area contributed by atoms with Crippen molar-refractivity contribution >= 4 is 80.1 Å². The summed E-state index contributed by atoms with van der Waals surface area (Å²) in [5.74, 6) is -2.21. The Morgan fingerprint density at radius 1 is 0.950 bits per heavy atom. The van der Waals surface area contributed by atoms with E-state index in [1.54, 1.807) is 0 Å². The maximum absolute atomic E-state index is 13.2. The predicted octanol–water partition coefficient (Wildman–Crippen LogP) is 6.04. The van der Waals surface area contributed by atoms with Gasteiger partial charge in [0.2, 0.25) is 5.75 Å². The highest BCUT2D eigenvalue weighted by Gasteiger charge is 2.37. The fourth-order valence-corrected chi connectivity index (χ4v) is 4.40. The van der Waals surface area contributed by atoms with E-state index in [4.69, 9.17) is 32.7 Å². The Labute approximate surface area is 242 Å². The van der Waals surface area contributed by atoms with Gasteiger partial charge in [0, 0.05) is 6.07 Å². The Hall–Kier alpha value is -4.53. The van der Waals surface area contributed by atoms with Gasteiger partial charge >= 0.3 is 11.7 Å². The molecule has 1 aliphatic heterocycles. The van der Waals surface area contributed by atoms with Crippen LogP contribution in [-0.2, 0) is 9.59 Å². The van der Waals surface area contributed by atoms with Gasteiger partial charge < -0.3 is 9.47 Å². The highest BCUT2D eigenvalue weighted by atomic mass is 79.9. The van der Waals surface area contributed by atoms with Crippen molar-refractivity contribution in [1.29, 1.82) is 0 Å². The summed E-state index contributed by atoms with van der Waals surface area (Å²) in [7, 11) is 1.28. The molecule has 4 amide bonds. The minimum Gasteiger partial charge on any atom is -0.493 e. The third kappa shape index (κ3) is 5.59. The van der Waals surface area contributed by atoms with Crippen molar-refractivity contribution in [3.05, 3.63) is 94.4 Å². The number of benzene rings is 3. The summed E-state index contributed by atoms with van der Waals surface area (Å²) in [6.07, 6.45) is 1.19. The number of nitrogens with one attached hydrogen (secondary N) is 1. The predicted molar refractivity (Wildman–Crippen MR) is 146 cm³/mol. The van der Waals surface area contributed by atoms with E-state index in [2.05, 4.69) is 21.2 Å². The number of nitro groups is 2. The smallest absolute Gasteiger partial charge is 0.335 e. The number of halogens is 3. The molecule has 0 atom stereocenters. The number of hydrogen-bond donors (Lipinski definition) is 1. The molecule has 40 heavy (non-hydrogen) atoms. The Morgan fingerprint density at radius 2 is 1.68 bits per heavy atom. The van der Waals surface area contributed by atoms with Crippen LogP contribution in [0, 0.1) is 20.2 Å². The Morgan fingerprint density at radius 3 is 2.30 bits per heavy atom. The first kappa shape index (κ1) is 28.5. The number of methoxy groups -OCH3 is 1. The van der Waals surface area contributed by atoms with E-state index in [-0.39, 0.29) is 43.0 Å². The first-order valence-corrected chi connectivity index (χ1v) is 12.3. The highest BCUT2D eigenvalue weighted by molar-refractivity contribution is 9.10. The number of barbiturate groups is 1. The molecular weight excluding hydrogens is 639 g/mol. The minimum absolute atomic E-state index is 0.0231. The van der Waals surface area contributed by atoms with Gasteiger partial charge in [0.15, 0.2) is 11.5 Å². The van der Waals surface area contributed by atoms with E-state index in [1.165, 1.54) is 43.5 Å². The van der Waals surface area contributed by atoms with Crippen LogP contribution in [0.3, 0.4) is 0 Å². The van der Waals surface area contributed by atoms with E-state index >= 15 is 0 Å². The number of amides is 4. The van der Waals surface area contributed by atoms with Gasteiger partial charge in [-0.05, 0) is 64.0 Å². The van der Waals surface area contributed by atoms with Crippen LogP contribution >= 0.6 is 39.1 Å². The number of nitro benzene ring substituents is 2. The van der Waals surface area contributed by atoms with Crippen LogP contribution < -0.4 is 19.7 Å². The molecule has 0 aliphatic carbocycles. The molecule has 3 aromatic carbocycles. The van der Waals surface area contributed by atoms with Gasteiger partial charge in [-0.3, -0.25) is 35.1 Å². The van der Waals surface area contributed by atoms with Crippen LogP contribution in [0.25, 0.3) is 6.08 Å². The van der Waals surface area contributed by atoms with E-state index in [0.29, 0.717) is 4.90 Å². The summed E-state index contributed by atoms with van der Waals surface area (Å²) in [4.78, 5) is 59.8. The zero-order chi connectivity index (χ0) is 29.3. The molecule has 1 N–H and O–H groups in total. The molecule has 16 heteroatoms. The number of non-ortho nitro benzene ring substituents is 1. The molecule has 4 rings (SSSR count). The van der Waals surface area contributed by atoms with Gasteiger partial charge in [-0.15, -0.1) is 0 Å². The Bertz CT molecular complexity index is 1660. The summed E-state index contributed by atoms with van der Waals surface area (Å²) in [5, 5.41) is 24.9. The van der Waals surface area contributed by atoms with Gasteiger partial charge in [-0.1, -0.05) is 23.2 Å². The summed E-state index contributed by atoms with van der Waals surface area (Å²) in [5.41, 5.74) is -1.25. The van der Waals surface area contributed by atoms with Crippen LogP contribution in [0.1, 0.15) is 5.56 Å². The van der Waals surface area contributed by atoms with E-state index in [9.17, 15) is 34.6 Å². The quantitative estimate of drug-likeness (QED) is 0.138. The second kappa shape index (κ2) is 11.3. The largest absolute Gasteiger partial charge is 0.493 e. The number of carbonyl (C=O) groups is 3. The molecule has 0 spiro atoms. The Kier molecular flexibility index (Phi) is 8.04. The normalized spacial score (nSPS) is 14.2. The molecule has 0 radical (unpaired) electrons. The summed E-state index contributed by atoms with van der Waals surface area (Å²) < 4.78 is 11.2. The standard InChI is InChI=1S/C24H13BrCl2N4O9/c1-39-20-8-11(7-15(25)21(20)40-19-5-3-13(30(35)36)10-18(19)31(37)38)6-14-22(32)28-24(34)29(23(14)33)12-2-4-16(26)17(27)9-12/h2-10H,1H3,(H,28,32,34)/b14-6+. The van der Waals surface area contributed by atoms with E-state index in [1.807, 2.05) is 0 Å². The van der Waals surface area contributed by atoms with Gasteiger partial charge in [0.05, 0.1) is 43.2 Å². The SMILES string of the molecule is COc1cc(/C=C2\C(=O)NC(=O)N(c3ccc(Cl)c(Cl)c3)C2=O)cc(Br)c1Oc1ccc([N+](=O)[O-])cc1[N+](=O)[O-]. The van der Waals surface area contributed by atoms with Gasteiger partial charge in [0.1, 0.15) is 5.57 Å². The van der Waals surface area contributed by atoms with Crippen molar-refractivity contribution in [2.45, 2.75) is 0 Å². The molecule has 13 nitrogen and oxygen atoms in total. The number of urea groups is 1. The second-order valence-electron chi connectivity index (χ2n) is 7.86. The lowest BCUT2D eigenvalue weighted by Crippen LogP contribution is -2.54. The minimum atomic E-state index is -0.988. The molecule has 3 aromatic rings. The van der Waals surface area contributed by atoms with Crippen LogP contribution in [0.4, 0.5) is 21.9 Å². The first-order valence-electron chi connectivity index (χ1n) is 10.8. The van der Waals surface area contributed by atoms with Crippen molar-refractivity contribution < 1.29 is 33.7 Å². The van der Waals surface area contributed by atoms with Crippen LogP contribution in [0.15, 0.2) is 58.6 Å². The lowest BCUT2D eigenvalue weighted by Gasteiger charge is -2.26. The van der Waals surface area contributed by atoms with Crippen LogP contribution in [-0.4, -0.2) is 34.8 Å². The summed E-state index contributed by atoms with van der Waals surface area (Å²) >= 11 is 15.2. The van der Waals surface area contributed by atoms with E-state index < -0.39 is 44.6 Å². The number of ether oxygens (including phenoxy) is 2. The van der Waals surface area contributed by atoms with Crippen molar-refractivity contribution in [2.24, 2.45) is 0 Å². The molecule has 1 heterocycles. The van der Waals surface area contributed by atoms with Gasteiger partial charge in [0.25, 0.3) is 17.5 Å². The third-order valence-corrected chi connectivity index (χ3v) is 6.72. The number of hydrogen-bond acceptors (Lipinski definition) is 9. The molecule has 0 bridgehead atoms. The lowest BCUT2D eigenvalue weighted by atomic mass is 10.1. The van der Waals surface area contributed by atoms with E-state index in [0.717, 1.165) is 18.2 Å². The fourth-order valence-electron chi connectivity index (χ4n) is 3.56. The molecule has 1 aliphatic rings. The average Bonchev–Trinajstić information content (AvgIpc) is 2.89. The number of anilines is 1. The maximum atomic E-state index is 13.2. The number of rotatable bonds is 7. The molecule has 0 unspecified atom stereocenters. The third-order valence-electron chi connectivity index (χ3n) is 5.39. The lowest BCUT2D eigenvalue weighted by molar-refractivity contribution is -0.394. The van der Waals surface area contributed by atoms with Crippen molar-refractivity contribution in [2.75, 3.05) is 12.0 Å². The number of nitrogens with zero attached hydrogens (tertiary/aromatic N) is 3. The molecule has 0 saturated carbocycles. The average molecular weight is 652 g/mol. The Balaban J connectivity index is 1.72. The maximum Gasteiger partial charge on any atom is 0.335 e. The molecule has 1 saturated heterocycles. The first-order chi connectivity index (χ1) is 18.9. The van der Waals surface area contributed by atoms with Crippen molar-refractivity contribution in [3.8, 4) is 17.2 Å². The monoisotopic (exact) mass is 650 g/mol. The van der Waals surface area contributed by atoms with Gasteiger partial charge in [-0.25, -0.2) is 9.69 Å². The number of carbonyl (C=O) groups excluding carboxylic acids is 3. The van der Waals surface area contributed by atoms with Gasteiger partial charge in [-0.2, -0.15) is 0 Å². The number of imide groups is 2. The zero-order valence-electron chi connectivity index (χ0n) is 19.8. The molecule has 0 aromatic heterocycles. The van der Waals surface area contributed by atoms with Crippen molar-refractivity contribution in [1.82, 2.24) is 5.32 Å². The summed E-state index contributed by atoms with van der Waals surface area (Å²) in [6, 6.07) is 8.71. The molecular formula is C24H13BrCl2N4O9. The highest BCUT2D eigenvalue weighted by Crippen LogP contribution is 2.43. The topological polar surface area (TPSA) is 171 Å². The molecule has 1 fully saturated rings. The van der Waals surface area contributed by atoms with Crippen molar-refractivity contribution in [3.63, 3.8) is 0 Å². The van der Waals surface area contributed by atoms with Crippen LogP contribution in [0.5, 0.6) is 17.2 Å². The van der Waals surface area contributed by atoms with Crippen LogP contribution in [0.2, 0.25) is 10.0 Å². The molecule has 204 valence electrons.